The summed E-state index contributed by atoms with van der Waals surface area (Å²) >= 11 is 0. The Kier molecular flexibility index (Phi) is 6.52. The maximum atomic E-state index is 11.3. The first-order chi connectivity index (χ1) is 8.15. The van der Waals surface area contributed by atoms with E-state index in [0.717, 1.165) is 6.61 Å². The SMILES string of the molecule is CNC(=O)[C@@H](N)[C@@H](C)OCC1CCCCCC1. The van der Waals surface area contributed by atoms with E-state index >= 15 is 0 Å². The van der Waals surface area contributed by atoms with Crippen molar-refractivity contribution in [2.75, 3.05) is 13.7 Å². The number of amides is 1. The zero-order valence-corrected chi connectivity index (χ0v) is 11.1. The van der Waals surface area contributed by atoms with Gasteiger partial charge < -0.3 is 15.8 Å². The summed E-state index contributed by atoms with van der Waals surface area (Å²) in [5, 5.41) is 2.55. The summed E-state index contributed by atoms with van der Waals surface area (Å²) < 4.78 is 5.74. The number of carbonyl (C=O) groups is 1. The van der Waals surface area contributed by atoms with Crippen LogP contribution < -0.4 is 11.1 Å². The quantitative estimate of drug-likeness (QED) is 0.717. The molecule has 1 aliphatic carbocycles. The number of carbonyl (C=O) groups excluding carboxylic acids is 1. The summed E-state index contributed by atoms with van der Waals surface area (Å²) in [4.78, 5) is 11.3. The molecule has 1 saturated carbocycles. The molecule has 4 heteroatoms. The van der Waals surface area contributed by atoms with Crippen molar-refractivity contribution in [3.05, 3.63) is 0 Å². The molecule has 0 radical (unpaired) electrons. The van der Waals surface area contributed by atoms with Gasteiger partial charge in [0.2, 0.25) is 5.91 Å². The van der Waals surface area contributed by atoms with E-state index in [1.165, 1.54) is 38.5 Å². The largest absolute Gasteiger partial charge is 0.376 e. The Hall–Kier alpha value is -0.610. The van der Waals surface area contributed by atoms with Crippen LogP contribution in [0.15, 0.2) is 0 Å². The second kappa shape index (κ2) is 7.67. The fourth-order valence-electron chi connectivity index (χ4n) is 2.30. The molecule has 100 valence electrons. The van der Waals surface area contributed by atoms with Crippen LogP contribution in [0.1, 0.15) is 45.4 Å². The predicted molar refractivity (Wildman–Crippen MR) is 68.6 cm³/mol. The van der Waals surface area contributed by atoms with Gasteiger partial charge >= 0.3 is 0 Å². The van der Waals surface area contributed by atoms with E-state index in [-0.39, 0.29) is 12.0 Å². The van der Waals surface area contributed by atoms with Crippen molar-refractivity contribution in [1.29, 1.82) is 0 Å². The highest BCUT2D eigenvalue weighted by Crippen LogP contribution is 2.23. The van der Waals surface area contributed by atoms with E-state index in [1.807, 2.05) is 6.92 Å². The van der Waals surface area contributed by atoms with Gasteiger partial charge in [0.05, 0.1) is 6.10 Å². The minimum Gasteiger partial charge on any atom is -0.376 e. The zero-order chi connectivity index (χ0) is 12.7. The summed E-state index contributed by atoms with van der Waals surface area (Å²) in [5.41, 5.74) is 5.78. The van der Waals surface area contributed by atoms with Crippen LogP contribution in [0.4, 0.5) is 0 Å². The molecule has 17 heavy (non-hydrogen) atoms. The van der Waals surface area contributed by atoms with Crippen molar-refractivity contribution in [2.45, 2.75) is 57.6 Å². The number of nitrogens with two attached hydrogens (primary N) is 1. The Labute approximate surface area is 104 Å². The molecule has 0 unspecified atom stereocenters. The van der Waals surface area contributed by atoms with Gasteiger partial charge in [-0.25, -0.2) is 0 Å². The number of nitrogens with one attached hydrogen (secondary N) is 1. The molecule has 0 aromatic heterocycles. The third-order valence-electron chi connectivity index (χ3n) is 3.62. The molecule has 0 aromatic carbocycles. The first-order valence-corrected chi connectivity index (χ1v) is 6.74. The molecule has 0 aromatic rings. The predicted octanol–water partition coefficient (Wildman–Crippen LogP) is 1.44. The second-order valence-electron chi connectivity index (χ2n) is 5.04. The lowest BCUT2D eigenvalue weighted by Crippen LogP contribution is -2.47. The molecule has 3 N–H and O–H groups in total. The van der Waals surface area contributed by atoms with E-state index < -0.39 is 6.04 Å². The maximum absolute atomic E-state index is 11.3. The van der Waals surface area contributed by atoms with Crippen LogP contribution in [-0.4, -0.2) is 31.7 Å². The molecular weight excluding hydrogens is 216 g/mol. The number of likely N-dealkylation sites (N-methyl/N-ethyl adjacent to an activating group) is 1. The zero-order valence-electron chi connectivity index (χ0n) is 11.1. The van der Waals surface area contributed by atoms with Crippen molar-refractivity contribution in [2.24, 2.45) is 11.7 Å². The highest BCUT2D eigenvalue weighted by molar-refractivity contribution is 5.81. The number of hydrogen-bond donors (Lipinski definition) is 2. The topological polar surface area (TPSA) is 64.4 Å². The third kappa shape index (κ3) is 5.04. The summed E-state index contributed by atoms with van der Waals surface area (Å²) in [5.74, 6) is 0.496. The van der Waals surface area contributed by atoms with E-state index in [4.69, 9.17) is 10.5 Å². The van der Waals surface area contributed by atoms with E-state index in [1.54, 1.807) is 7.05 Å². The minimum absolute atomic E-state index is 0.154. The van der Waals surface area contributed by atoms with Gasteiger partial charge in [0.25, 0.3) is 0 Å². The van der Waals surface area contributed by atoms with Crippen molar-refractivity contribution in [3.8, 4) is 0 Å². The van der Waals surface area contributed by atoms with Crippen molar-refractivity contribution < 1.29 is 9.53 Å². The second-order valence-corrected chi connectivity index (χ2v) is 5.04. The number of ether oxygens (including phenoxy) is 1. The summed E-state index contributed by atoms with van der Waals surface area (Å²) in [7, 11) is 1.60. The van der Waals surface area contributed by atoms with Crippen LogP contribution in [0.5, 0.6) is 0 Å². The van der Waals surface area contributed by atoms with Gasteiger partial charge in [0.15, 0.2) is 0 Å². The van der Waals surface area contributed by atoms with E-state index in [2.05, 4.69) is 5.32 Å². The van der Waals surface area contributed by atoms with Crippen LogP contribution >= 0.6 is 0 Å². The molecule has 1 fully saturated rings. The monoisotopic (exact) mass is 242 g/mol. The van der Waals surface area contributed by atoms with Gasteiger partial charge in [0.1, 0.15) is 6.04 Å². The fraction of sp³-hybridized carbons (Fsp3) is 0.923. The summed E-state index contributed by atoms with van der Waals surface area (Å²) in [6.07, 6.45) is 7.61. The smallest absolute Gasteiger partial charge is 0.239 e. The third-order valence-corrected chi connectivity index (χ3v) is 3.62. The maximum Gasteiger partial charge on any atom is 0.239 e. The van der Waals surface area contributed by atoms with Gasteiger partial charge in [-0.1, -0.05) is 25.7 Å². The van der Waals surface area contributed by atoms with Gasteiger partial charge in [0, 0.05) is 13.7 Å². The van der Waals surface area contributed by atoms with Crippen molar-refractivity contribution in [1.82, 2.24) is 5.32 Å². The normalized spacial score (nSPS) is 21.6. The molecule has 0 spiro atoms. The molecule has 1 aliphatic rings. The van der Waals surface area contributed by atoms with Gasteiger partial charge in [-0.3, -0.25) is 4.79 Å². The molecule has 0 saturated heterocycles. The Morgan fingerprint density at radius 1 is 1.35 bits per heavy atom. The van der Waals surface area contributed by atoms with Crippen LogP contribution in [-0.2, 0) is 9.53 Å². The Balaban J connectivity index is 2.26. The average Bonchev–Trinajstić information content (AvgIpc) is 2.62. The minimum atomic E-state index is -0.564. The lowest BCUT2D eigenvalue weighted by Gasteiger charge is -2.22. The van der Waals surface area contributed by atoms with E-state index in [9.17, 15) is 4.79 Å². The Morgan fingerprint density at radius 3 is 2.47 bits per heavy atom. The first kappa shape index (κ1) is 14.5. The molecule has 0 bridgehead atoms. The summed E-state index contributed by atoms with van der Waals surface area (Å²) in [6.45, 7) is 2.61. The molecule has 4 nitrogen and oxygen atoms in total. The molecular formula is C13H26N2O2. The van der Waals surface area contributed by atoms with Crippen molar-refractivity contribution in [3.63, 3.8) is 0 Å². The highest BCUT2D eigenvalue weighted by atomic mass is 16.5. The van der Waals surface area contributed by atoms with Gasteiger partial charge in [-0.05, 0) is 25.7 Å². The molecule has 0 aliphatic heterocycles. The Bertz CT molecular complexity index is 225. The summed E-state index contributed by atoms with van der Waals surface area (Å²) in [6, 6.07) is -0.564. The van der Waals surface area contributed by atoms with Gasteiger partial charge in [-0.2, -0.15) is 0 Å². The standard InChI is InChI=1S/C13H26N2O2/c1-10(12(14)13(16)15-2)17-9-11-7-5-3-4-6-8-11/h10-12H,3-9,14H2,1-2H3,(H,15,16)/t10-,12+/m1/s1. The number of hydrogen-bond acceptors (Lipinski definition) is 3. The fourth-order valence-corrected chi connectivity index (χ4v) is 2.30. The highest BCUT2D eigenvalue weighted by Gasteiger charge is 2.21. The van der Waals surface area contributed by atoms with Crippen molar-refractivity contribution >= 4 is 5.91 Å². The van der Waals surface area contributed by atoms with Crippen LogP contribution in [0.3, 0.4) is 0 Å². The lowest BCUT2D eigenvalue weighted by molar-refractivity contribution is -0.125. The van der Waals surface area contributed by atoms with E-state index in [0.29, 0.717) is 5.92 Å². The molecule has 1 rings (SSSR count). The molecule has 2 atom stereocenters. The van der Waals surface area contributed by atoms with Crippen LogP contribution in [0.25, 0.3) is 0 Å². The molecule has 0 heterocycles. The van der Waals surface area contributed by atoms with Crippen LogP contribution in [0.2, 0.25) is 0 Å². The Morgan fingerprint density at radius 2 is 1.94 bits per heavy atom. The lowest BCUT2D eigenvalue weighted by atomic mass is 10.0. The number of rotatable bonds is 5. The first-order valence-electron chi connectivity index (χ1n) is 6.74. The molecule has 1 amide bonds. The van der Waals surface area contributed by atoms with Crippen LogP contribution in [0, 0.1) is 5.92 Å². The average molecular weight is 242 g/mol. The van der Waals surface area contributed by atoms with Gasteiger partial charge in [-0.15, -0.1) is 0 Å².